The summed E-state index contributed by atoms with van der Waals surface area (Å²) in [5.41, 5.74) is 10.4. The second kappa shape index (κ2) is 5.14. The minimum absolute atomic E-state index is 0.314. The van der Waals surface area contributed by atoms with Crippen molar-refractivity contribution < 1.29 is 0 Å². The van der Waals surface area contributed by atoms with Crippen molar-refractivity contribution in [3.8, 4) is 11.1 Å². The lowest BCUT2D eigenvalue weighted by atomic mass is 9.93. The van der Waals surface area contributed by atoms with Crippen LogP contribution in [0.3, 0.4) is 0 Å². The highest BCUT2D eigenvalue weighted by atomic mass is 15.2. The summed E-state index contributed by atoms with van der Waals surface area (Å²) in [7, 11) is 4.00. The van der Waals surface area contributed by atoms with Crippen LogP contribution in [0.5, 0.6) is 0 Å². The standard InChI is InChI=1S/C18H22N4/c1-18(2,19)14-8-5-12(6-9-14)13-7-10-16-15(11-13)17(21-20-16)22(3)4/h5-11H,19H2,1-4H3,(H,20,21). The van der Waals surface area contributed by atoms with Crippen molar-refractivity contribution in [2.45, 2.75) is 19.4 Å². The van der Waals surface area contributed by atoms with Gasteiger partial charge in [-0.15, -0.1) is 0 Å². The van der Waals surface area contributed by atoms with Crippen LogP contribution in [0.4, 0.5) is 5.82 Å². The first kappa shape index (κ1) is 14.6. The summed E-state index contributed by atoms with van der Waals surface area (Å²) < 4.78 is 0. The topological polar surface area (TPSA) is 57.9 Å². The molecule has 0 fully saturated rings. The Balaban J connectivity index is 2.04. The fourth-order valence-electron chi connectivity index (χ4n) is 2.61. The monoisotopic (exact) mass is 294 g/mol. The number of aromatic nitrogens is 2. The fourth-order valence-corrected chi connectivity index (χ4v) is 2.61. The molecule has 0 unspecified atom stereocenters. The van der Waals surface area contributed by atoms with Gasteiger partial charge in [0.15, 0.2) is 5.82 Å². The third kappa shape index (κ3) is 2.57. The van der Waals surface area contributed by atoms with E-state index in [4.69, 9.17) is 5.73 Å². The van der Waals surface area contributed by atoms with E-state index in [-0.39, 0.29) is 5.54 Å². The molecule has 0 aliphatic rings. The number of hydrogen-bond acceptors (Lipinski definition) is 3. The molecular weight excluding hydrogens is 272 g/mol. The maximum atomic E-state index is 6.14. The Hall–Kier alpha value is -2.33. The maximum Gasteiger partial charge on any atom is 0.157 e. The first-order chi connectivity index (χ1) is 10.4. The van der Waals surface area contributed by atoms with Crippen molar-refractivity contribution >= 4 is 16.7 Å². The lowest BCUT2D eigenvalue weighted by molar-refractivity contribution is 0.554. The lowest BCUT2D eigenvalue weighted by Gasteiger charge is -2.19. The lowest BCUT2D eigenvalue weighted by Crippen LogP contribution is -2.28. The zero-order valence-corrected chi connectivity index (χ0v) is 13.5. The summed E-state index contributed by atoms with van der Waals surface area (Å²) >= 11 is 0. The van der Waals surface area contributed by atoms with Gasteiger partial charge in [-0.2, -0.15) is 5.10 Å². The molecule has 0 amide bonds. The first-order valence-corrected chi connectivity index (χ1v) is 7.41. The summed E-state index contributed by atoms with van der Waals surface area (Å²) in [5.74, 6) is 0.955. The highest BCUT2D eigenvalue weighted by Gasteiger charge is 2.14. The molecular formula is C18H22N4. The first-order valence-electron chi connectivity index (χ1n) is 7.41. The van der Waals surface area contributed by atoms with E-state index in [1.54, 1.807) is 0 Å². The Morgan fingerprint density at radius 2 is 1.64 bits per heavy atom. The molecule has 3 rings (SSSR count). The van der Waals surface area contributed by atoms with Gasteiger partial charge >= 0.3 is 0 Å². The molecule has 0 atom stereocenters. The van der Waals surface area contributed by atoms with Gasteiger partial charge in [-0.1, -0.05) is 30.3 Å². The van der Waals surface area contributed by atoms with E-state index in [9.17, 15) is 0 Å². The Morgan fingerprint density at radius 3 is 2.23 bits per heavy atom. The number of benzene rings is 2. The molecule has 1 heterocycles. The molecule has 4 heteroatoms. The van der Waals surface area contributed by atoms with Crippen LogP contribution in [0, 0.1) is 0 Å². The molecule has 0 spiro atoms. The Kier molecular flexibility index (Phi) is 3.41. The molecule has 0 aliphatic heterocycles. The second-order valence-corrected chi connectivity index (χ2v) is 6.50. The largest absolute Gasteiger partial charge is 0.361 e. The predicted octanol–water partition coefficient (Wildman–Crippen LogP) is 3.49. The minimum atomic E-state index is -0.314. The van der Waals surface area contributed by atoms with Crippen LogP contribution >= 0.6 is 0 Å². The van der Waals surface area contributed by atoms with Gasteiger partial charge in [0.05, 0.1) is 5.52 Å². The predicted molar refractivity (Wildman–Crippen MR) is 93.1 cm³/mol. The van der Waals surface area contributed by atoms with Crippen LogP contribution in [0.25, 0.3) is 22.0 Å². The SMILES string of the molecule is CN(C)c1n[nH]c2ccc(-c3ccc(C(C)(C)N)cc3)cc12. The summed E-state index contributed by atoms with van der Waals surface area (Å²) in [5, 5.41) is 8.56. The van der Waals surface area contributed by atoms with E-state index in [1.807, 2.05) is 32.8 Å². The average Bonchev–Trinajstić information content (AvgIpc) is 2.89. The van der Waals surface area contributed by atoms with Crippen molar-refractivity contribution in [2.24, 2.45) is 5.73 Å². The van der Waals surface area contributed by atoms with Crippen molar-refractivity contribution in [2.75, 3.05) is 19.0 Å². The molecule has 3 aromatic rings. The minimum Gasteiger partial charge on any atom is -0.361 e. The number of H-pyrrole nitrogens is 1. The molecule has 0 bridgehead atoms. The number of nitrogens with one attached hydrogen (secondary N) is 1. The van der Waals surface area contributed by atoms with Crippen molar-refractivity contribution in [1.82, 2.24) is 10.2 Å². The summed E-state index contributed by atoms with van der Waals surface area (Å²) in [6.07, 6.45) is 0. The van der Waals surface area contributed by atoms with Gasteiger partial charge < -0.3 is 10.6 Å². The van der Waals surface area contributed by atoms with Crippen molar-refractivity contribution in [1.29, 1.82) is 0 Å². The third-order valence-electron chi connectivity index (χ3n) is 3.93. The molecule has 0 saturated heterocycles. The average molecular weight is 294 g/mol. The molecule has 0 aliphatic carbocycles. The van der Waals surface area contributed by atoms with E-state index in [0.29, 0.717) is 0 Å². The van der Waals surface area contributed by atoms with Gasteiger partial charge in [0.1, 0.15) is 0 Å². The third-order valence-corrected chi connectivity index (χ3v) is 3.93. The number of nitrogens with two attached hydrogens (primary N) is 1. The van der Waals surface area contributed by atoms with E-state index in [2.05, 4.69) is 52.7 Å². The zero-order chi connectivity index (χ0) is 15.9. The van der Waals surface area contributed by atoms with Crippen molar-refractivity contribution in [3.63, 3.8) is 0 Å². The van der Waals surface area contributed by atoms with Crippen LogP contribution in [0.1, 0.15) is 19.4 Å². The number of hydrogen-bond donors (Lipinski definition) is 2. The van der Waals surface area contributed by atoms with E-state index >= 15 is 0 Å². The Morgan fingerprint density at radius 1 is 1.00 bits per heavy atom. The summed E-state index contributed by atoms with van der Waals surface area (Å²) in [6, 6.07) is 14.8. The molecule has 1 aromatic heterocycles. The van der Waals surface area contributed by atoms with Crippen LogP contribution in [0.2, 0.25) is 0 Å². The molecule has 22 heavy (non-hydrogen) atoms. The van der Waals surface area contributed by atoms with E-state index in [0.717, 1.165) is 22.3 Å². The fraction of sp³-hybridized carbons (Fsp3) is 0.278. The molecule has 0 saturated carbocycles. The van der Waals surface area contributed by atoms with Crippen molar-refractivity contribution in [3.05, 3.63) is 48.0 Å². The van der Waals surface area contributed by atoms with Gasteiger partial charge in [0.2, 0.25) is 0 Å². The maximum absolute atomic E-state index is 6.14. The number of fused-ring (bicyclic) bond motifs is 1. The van der Waals surface area contributed by atoms with Gasteiger partial charge in [-0.3, -0.25) is 5.10 Å². The quantitative estimate of drug-likeness (QED) is 0.777. The zero-order valence-electron chi connectivity index (χ0n) is 13.5. The molecule has 2 aromatic carbocycles. The summed E-state index contributed by atoms with van der Waals surface area (Å²) in [6.45, 7) is 4.03. The van der Waals surface area contributed by atoms with E-state index < -0.39 is 0 Å². The van der Waals surface area contributed by atoms with Crippen LogP contribution < -0.4 is 10.6 Å². The number of nitrogens with zero attached hydrogens (tertiary/aromatic N) is 2. The van der Waals surface area contributed by atoms with Gasteiger partial charge in [-0.05, 0) is 42.7 Å². The Bertz CT molecular complexity index is 792. The second-order valence-electron chi connectivity index (χ2n) is 6.50. The van der Waals surface area contributed by atoms with Crippen LogP contribution in [0.15, 0.2) is 42.5 Å². The van der Waals surface area contributed by atoms with Crippen LogP contribution in [-0.2, 0) is 5.54 Å². The highest BCUT2D eigenvalue weighted by molar-refractivity contribution is 5.93. The summed E-state index contributed by atoms with van der Waals surface area (Å²) in [4.78, 5) is 2.02. The smallest absolute Gasteiger partial charge is 0.157 e. The van der Waals surface area contributed by atoms with Gasteiger partial charge in [-0.25, -0.2) is 0 Å². The number of aromatic amines is 1. The van der Waals surface area contributed by atoms with Crippen LogP contribution in [-0.4, -0.2) is 24.3 Å². The van der Waals surface area contributed by atoms with E-state index in [1.165, 1.54) is 11.1 Å². The van der Waals surface area contributed by atoms with Gasteiger partial charge in [0.25, 0.3) is 0 Å². The van der Waals surface area contributed by atoms with Gasteiger partial charge in [0, 0.05) is 25.0 Å². The Labute approximate surface area is 130 Å². The normalized spacial score (nSPS) is 11.9. The molecule has 3 N–H and O–H groups in total. The highest BCUT2D eigenvalue weighted by Crippen LogP contribution is 2.29. The molecule has 114 valence electrons. The number of rotatable bonds is 3. The number of anilines is 1. The molecule has 4 nitrogen and oxygen atoms in total. The molecule has 0 radical (unpaired) electrons.